The van der Waals surface area contributed by atoms with Gasteiger partial charge in [0, 0.05) is 11.3 Å². The van der Waals surface area contributed by atoms with E-state index in [1.54, 1.807) is 30.3 Å². The third kappa shape index (κ3) is 5.03. The Morgan fingerprint density at radius 3 is 2.77 bits per heavy atom. The molecular weight excluding hydrogens is 373 g/mol. The van der Waals surface area contributed by atoms with Crippen LogP contribution >= 0.6 is 23.1 Å². The number of anilines is 1. The molecule has 0 fully saturated rings. The number of nitrogens with zero attached hydrogens (tertiary/aromatic N) is 2. The van der Waals surface area contributed by atoms with Crippen molar-refractivity contribution in [3.8, 4) is 5.75 Å². The number of hydrogen-bond donors (Lipinski definition) is 1. The second-order valence-corrected chi connectivity index (χ2v) is 7.40. The van der Waals surface area contributed by atoms with E-state index in [0.717, 1.165) is 11.3 Å². The number of thioether (sulfide) groups is 1. The lowest BCUT2D eigenvalue weighted by atomic mass is 10.2. The molecule has 0 saturated heterocycles. The highest BCUT2D eigenvalue weighted by atomic mass is 32.2. The minimum absolute atomic E-state index is 0.258. The summed E-state index contributed by atoms with van der Waals surface area (Å²) in [5.74, 6) is 0.782. The number of ether oxygens (including phenoxy) is 1. The molecule has 5 nitrogen and oxygen atoms in total. The molecule has 1 N–H and O–H groups in total. The van der Waals surface area contributed by atoms with E-state index in [-0.39, 0.29) is 11.7 Å². The van der Waals surface area contributed by atoms with E-state index in [4.69, 9.17) is 4.74 Å². The lowest BCUT2D eigenvalue weighted by Gasteiger charge is -2.04. The molecule has 0 atom stereocenters. The molecule has 26 heavy (non-hydrogen) atoms. The highest BCUT2D eigenvalue weighted by Crippen LogP contribution is 2.28. The van der Waals surface area contributed by atoms with Crippen LogP contribution in [0, 0.1) is 5.82 Å². The average Bonchev–Trinajstić information content (AvgIpc) is 3.08. The number of rotatable bonds is 7. The number of nitrogens with one attached hydrogen (secondary N) is 1. The molecule has 3 rings (SSSR count). The number of carbonyl (C=O) groups excluding carboxylic acids is 1. The van der Waals surface area contributed by atoms with Crippen molar-refractivity contribution in [2.75, 3.05) is 11.9 Å². The molecule has 8 heteroatoms. The Labute approximate surface area is 158 Å². The lowest BCUT2D eigenvalue weighted by Crippen LogP contribution is -2.11. The minimum Gasteiger partial charge on any atom is -0.494 e. The summed E-state index contributed by atoms with van der Waals surface area (Å²) >= 11 is 2.72. The molecule has 0 aliphatic rings. The van der Waals surface area contributed by atoms with Gasteiger partial charge in [0.25, 0.3) is 5.91 Å². The SMILES string of the molecule is CCOc1ccc(C(=O)Nc2nnc(SCc3cccc(F)c3)s2)cc1. The van der Waals surface area contributed by atoms with Gasteiger partial charge in [0.15, 0.2) is 4.34 Å². The first-order valence-electron chi connectivity index (χ1n) is 7.89. The van der Waals surface area contributed by atoms with Gasteiger partial charge < -0.3 is 4.74 Å². The van der Waals surface area contributed by atoms with Crippen LogP contribution in [0.15, 0.2) is 52.9 Å². The van der Waals surface area contributed by atoms with E-state index < -0.39 is 0 Å². The minimum atomic E-state index is -0.260. The zero-order valence-electron chi connectivity index (χ0n) is 13.9. The number of carbonyl (C=O) groups is 1. The summed E-state index contributed by atoms with van der Waals surface area (Å²) in [5, 5.41) is 11.2. The van der Waals surface area contributed by atoms with Gasteiger partial charge >= 0.3 is 0 Å². The van der Waals surface area contributed by atoms with Crippen LogP contribution in [-0.4, -0.2) is 22.7 Å². The quantitative estimate of drug-likeness (QED) is 0.472. The molecule has 0 radical (unpaired) electrons. The Hall–Kier alpha value is -2.45. The number of aromatic nitrogens is 2. The number of halogens is 1. The first kappa shape index (κ1) is 18.3. The zero-order valence-corrected chi connectivity index (χ0v) is 15.6. The fraction of sp³-hybridized carbons (Fsp3) is 0.167. The molecule has 0 spiro atoms. The van der Waals surface area contributed by atoms with E-state index in [1.807, 2.05) is 13.0 Å². The average molecular weight is 389 g/mol. The Morgan fingerprint density at radius 1 is 1.23 bits per heavy atom. The Bertz CT molecular complexity index is 884. The fourth-order valence-electron chi connectivity index (χ4n) is 2.13. The summed E-state index contributed by atoms with van der Waals surface area (Å²) in [4.78, 5) is 12.2. The van der Waals surface area contributed by atoms with Crippen LogP contribution in [-0.2, 0) is 5.75 Å². The van der Waals surface area contributed by atoms with Crippen molar-refractivity contribution in [3.05, 3.63) is 65.5 Å². The Kier molecular flexibility index (Phi) is 6.19. The molecule has 0 unspecified atom stereocenters. The van der Waals surface area contributed by atoms with E-state index in [9.17, 15) is 9.18 Å². The third-order valence-corrected chi connectivity index (χ3v) is 5.35. The summed E-state index contributed by atoms with van der Waals surface area (Å²) in [5.41, 5.74) is 1.38. The Morgan fingerprint density at radius 2 is 2.04 bits per heavy atom. The van der Waals surface area contributed by atoms with Crippen molar-refractivity contribution in [1.29, 1.82) is 0 Å². The molecule has 0 bridgehead atoms. The maximum Gasteiger partial charge on any atom is 0.257 e. The topological polar surface area (TPSA) is 64.1 Å². The predicted molar refractivity (Wildman–Crippen MR) is 101 cm³/mol. The van der Waals surface area contributed by atoms with Gasteiger partial charge in [0.1, 0.15) is 11.6 Å². The Balaban J connectivity index is 1.56. The normalized spacial score (nSPS) is 10.5. The monoisotopic (exact) mass is 389 g/mol. The number of amides is 1. The van der Waals surface area contributed by atoms with Gasteiger partial charge in [-0.1, -0.05) is 35.2 Å². The van der Waals surface area contributed by atoms with Gasteiger partial charge in [0.05, 0.1) is 6.61 Å². The van der Waals surface area contributed by atoms with Crippen molar-refractivity contribution >= 4 is 34.1 Å². The van der Waals surface area contributed by atoms with Crippen LogP contribution in [0.1, 0.15) is 22.8 Å². The molecule has 0 aliphatic heterocycles. The van der Waals surface area contributed by atoms with Gasteiger partial charge in [-0.15, -0.1) is 10.2 Å². The van der Waals surface area contributed by atoms with Crippen LogP contribution in [0.5, 0.6) is 5.75 Å². The van der Waals surface area contributed by atoms with E-state index in [2.05, 4.69) is 15.5 Å². The molecule has 2 aromatic carbocycles. The second-order valence-electron chi connectivity index (χ2n) is 5.20. The van der Waals surface area contributed by atoms with Gasteiger partial charge in [-0.25, -0.2) is 4.39 Å². The molecule has 3 aromatic rings. The van der Waals surface area contributed by atoms with E-state index in [1.165, 1.54) is 35.2 Å². The number of benzene rings is 2. The van der Waals surface area contributed by atoms with Gasteiger partial charge in [-0.05, 0) is 48.9 Å². The molecule has 0 aliphatic carbocycles. The van der Waals surface area contributed by atoms with Crippen LogP contribution in [0.3, 0.4) is 0 Å². The van der Waals surface area contributed by atoms with E-state index in [0.29, 0.717) is 27.4 Å². The maximum absolute atomic E-state index is 13.2. The smallest absolute Gasteiger partial charge is 0.257 e. The molecule has 1 heterocycles. The third-order valence-electron chi connectivity index (χ3n) is 3.31. The zero-order chi connectivity index (χ0) is 18.4. The van der Waals surface area contributed by atoms with Gasteiger partial charge in [0.2, 0.25) is 5.13 Å². The van der Waals surface area contributed by atoms with Crippen LogP contribution in [0.2, 0.25) is 0 Å². The fourth-order valence-corrected chi connectivity index (χ4v) is 3.82. The summed E-state index contributed by atoms with van der Waals surface area (Å²) in [7, 11) is 0. The van der Waals surface area contributed by atoms with Crippen molar-refractivity contribution in [3.63, 3.8) is 0 Å². The summed E-state index contributed by atoms with van der Waals surface area (Å²) in [6.07, 6.45) is 0. The first-order valence-corrected chi connectivity index (χ1v) is 9.69. The van der Waals surface area contributed by atoms with Crippen LogP contribution in [0.25, 0.3) is 0 Å². The molecule has 1 aromatic heterocycles. The molecule has 0 saturated carbocycles. The predicted octanol–water partition coefficient (Wildman–Crippen LogP) is 4.62. The van der Waals surface area contributed by atoms with Gasteiger partial charge in [-0.2, -0.15) is 0 Å². The highest BCUT2D eigenvalue weighted by Gasteiger charge is 2.11. The lowest BCUT2D eigenvalue weighted by molar-refractivity contribution is 0.102. The first-order chi connectivity index (χ1) is 12.6. The highest BCUT2D eigenvalue weighted by molar-refractivity contribution is 8.00. The maximum atomic E-state index is 13.2. The standard InChI is InChI=1S/C18H16FN3O2S2/c1-2-24-15-8-6-13(7-9-15)16(23)20-17-21-22-18(26-17)25-11-12-4-3-5-14(19)10-12/h3-10H,2,11H2,1H3,(H,20,21,23). The summed E-state index contributed by atoms with van der Waals surface area (Å²) in [6, 6.07) is 13.3. The molecule has 1 amide bonds. The van der Waals surface area contributed by atoms with Crippen LogP contribution < -0.4 is 10.1 Å². The van der Waals surface area contributed by atoms with E-state index >= 15 is 0 Å². The molecule has 134 valence electrons. The van der Waals surface area contributed by atoms with Crippen molar-refractivity contribution in [2.24, 2.45) is 0 Å². The summed E-state index contributed by atoms with van der Waals surface area (Å²) in [6.45, 7) is 2.48. The largest absolute Gasteiger partial charge is 0.494 e. The summed E-state index contributed by atoms with van der Waals surface area (Å²) < 4.78 is 19.2. The second kappa shape index (κ2) is 8.77. The van der Waals surface area contributed by atoms with Crippen molar-refractivity contribution < 1.29 is 13.9 Å². The number of hydrogen-bond acceptors (Lipinski definition) is 6. The van der Waals surface area contributed by atoms with Crippen molar-refractivity contribution in [1.82, 2.24) is 10.2 Å². The molecular formula is C18H16FN3O2S2. The van der Waals surface area contributed by atoms with Gasteiger partial charge in [-0.3, -0.25) is 10.1 Å². The van der Waals surface area contributed by atoms with Crippen molar-refractivity contribution in [2.45, 2.75) is 17.0 Å². The van der Waals surface area contributed by atoms with Crippen LogP contribution in [0.4, 0.5) is 9.52 Å².